The summed E-state index contributed by atoms with van der Waals surface area (Å²) in [7, 11) is 0. The number of non-ortho nitro benzene ring substituents is 1. The summed E-state index contributed by atoms with van der Waals surface area (Å²) >= 11 is 0. The predicted molar refractivity (Wildman–Crippen MR) is 81.3 cm³/mol. The standard InChI is InChI=1S/C15H16N4O4/c1-9-7-18-8-10(2-5-14(18)16-9)17-15(21)12-4-3-11(19(22)23)6-13(12)20/h3-4,6-7,10,20H,2,5,8H2,1H3,(H,17,21). The SMILES string of the molecule is Cc1cn2c(n1)CCC(NC(=O)c1ccc([N+](=O)[O-])cc1O)C2. The Morgan fingerprint density at radius 1 is 1.52 bits per heavy atom. The van der Waals surface area contributed by atoms with E-state index in [4.69, 9.17) is 0 Å². The van der Waals surface area contributed by atoms with Crippen LogP contribution in [0.2, 0.25) is 0 Å². The van der Waals surface area contributed by atoms with Crippen molar-refractivity contribution in [3.8, 4) is 5.75 Å². The van der Waals surface area contributed by atoms with E-state index in [1.54, 1.807) is 0 Å². The summed E-state index contributed by atoms with van der Waals surface area (Å²) in [5.41, 5.74) is 0.721. The van der Waals surface area contributed by atoms with Gasteiger partial charge in [0.2, 0.25) is 0 Å². The lowest BCUT2D eigenvalue weighted by molar-refractivity contribution is -0.384. The Morgan fingerprint density at radius 3 is 3.00 bits per heavy atom. The molecule has 3 rings (SSSR count). The average molecular weight is 316 g/mol. The summed E-state index contributed by atoms with van der Waals surface area (Å²) in [6, 6.07) is 3.37. The van der Waals surface area contributed by atoms with E-state index in [0.717, 1.165) is 30.4 Å². The van der Waals surface area contributed by atoms with Crippen LogP contribution in [0, 0.1) is 17.0 Å². The van der Waals surface area contributed by atoms with Gasteiger partial charge in [0.05, 0.1) is 22.2 Å². The molecule has 0 spiro atoms. The largest absolute Gasteiger partial charge is 0.507 e. The average Bonchev–Trinajstić information content (AvgIpc) is 2.86. The van der Waals surface area contributed by atoms with Gasteiger partial charge in [-0.2, -0.15) is 0 Å². The highest BCUT2D eigenvalue weighted by atomic mass is 16.6. The fourth-order valence-electron chi connectivity index (χ4n) is 2.79. The Balaban J connectivity index is 1.71. The number of fused-ring (bicyclic) bond motifs is 1. The Bertz CT molecular complexity index is 784. The number of nitrogens with one attached hydrogen (secondary N) is 1. The number of amides is 1. The third-order valence-corrected chi connectivity index (χ3v) is 3.89. The maximum Gasteiger partial charge on any atom is 0.273 e. The van der Waals surface area contributed by atoms with Crippen LogP contribution >= 0.6 is 0 Å². The number of phenolic OH excluding ortho intramolecular Hbond substituents is 1. The van der Waals surface area contributed by atoms with Crippen molar-refractivity contribution in [3.05, 3.63) is 51.6 Å². The highest BCUT2D eigenvalue weighted by Crippen LogP contribution is 2.24. The Labute approximate surface area is 131 Å². The minimum atomic E-state index is -0.620. The molecule has 0 saturated carbocycles. The molecule has 1 amide bonds. The number of phenols is 1. The van der Waals surface area contributed by atoms with Crippen molar-refractivity contribution in [1.82, 2.24) is 14.9 Å². The number of hydrogen-bond acceptors (Lipinski definition) is 5. The smallest absolute Gasteiger partial charge is 0.273 e. The quantitative estimate of drug-likeness (QED) is 0.659. The number of imidazole rings is 1. The second kappa shape index (κ2) is 5.71. The minimum Gasteiger partial charge on any atom is -0.507 e. The number of benzene rings is 1. The van der Waals surface area contributed by atoms with E-state index in [1.807, 2.05) is 17.7 Å². The van der Waals surface area contributed by atoms with Gasteiger partial charge in [0.15, 0.2) is 0 Å². The molecule has 23 heavy (non-hydrogen) atoms. The number of aromatic hydroxyl groups is 1. The Morgan fingerprint density at radius 2 is 2.30 bits per heavy atom. The monoisotopic (exact) mass is 316 g/mol. The molecule has 2 N–H and O–H groups in total. The molecule has 2 aromatic rings. The second-order valence-corrected chi connectivity index (χ2v) is 5.62. The number of hydrogen-bond donors (Lipinski definition) is 2. The summed E-state index contributed by atoms with van der Waals surface area (Å²) in [5, 5.41) is 23.3. The molecule has 0 aliphatic carbocycles. The van der Waals surface area contributed by atoms with E-state index in [2.05, 4.69) is 10.3 Å². The summed E-state index contributed by atoms with van der Waals surface area (Å²) in [5.74, 6) is 0.167. The maximum absolute atomic E-state index is 12.3. The zero-order valence-corrected chi connectivity index (χ0v) is 12.5. The first-order valence-electron chi connectivity index (χ1n) is 7.25. The summed E-state index contributed by atoms with van der Waals surface area (Å²) in [6.07, 6.45) is 3.47. The summed E-state index contributed by atoms with van der Waals surface area (Å²) < 4.78 is 2.01. The van der Waals surface area contributed by atoms with Crippen molar-refractivity contribution >= 4 is 11.6 Å². The molecule has 8 heteroatoms. The molecule has 1 atom stereocenters. The van der Waals surface area contributed by atoms with Gasteiger partial charge >= 0.3 is 0 Å². The van der Waals surface area contributed by atoms with Crippen LogP contribution < -0.4 is 5.32 Å². The van der Waals surface area contributed by atoms with Crippen LogP contribution in [-0.4, -0.2) is 31.5 Å². The van der Waals surface area contributed by atoms with E-state index in [1.165, 1.54) is 12.1 Å². The lowest BCUT2D eigenvalue weighted by Gasteiger charge is -2.24. The lowest BCUT2D eigenvalue weighted by Crippen LogP contribution is -2.40. The van der Waals surface area contributed by atoms with Gasteiger partial charge in [-0.1, -0.05) is 0 Å². The molecule has 0 bridgehead atoms. The highest BCUT2D eigenvalue weighted by molar-refractivity contribution is 5.97. The van der Waals surface area contributed by atoms with Crippen LogP contribution in [0.4, 0.5) is 5.69 Å². The van der Waals surface area contributed by atoms with Crippen LogP contribution in [-0.2, 0) is 13.0 Å². The number of nitro groups is 1. The molecule has 0 saturated heterocycles. The Hall–Kier alpha value is -2.90. The minimum absolute atomic E-state index is 0.0307. The van der Waals surface area contributed by atoms with Crippen molar-refractivity contribution < 1.29 is 14.8 Å². The summed E-state index contributed by atoms with van der Waals surface area (Å²) in [6.45, 7) is 2.55. The zero-order valence-electron chi connectivity index (χ0n) is 12.5. The molecule has 0 fully saturated rings. The number of aromatic nitrogens is 2. The van der Waals surface area contributed by atoms with Crippen LogP contribution in [0.3, 0.4) is 0 Å². The number of carbonyl (C=O) groups is 1. The molecule has 1 unspecified atom stereocenters. The number of nitrogens with zero attached hydrogens (tertiary/aromatic N) is 3. The van der Waals surface area contributed by atoms with E-state index in [9.17, 15) is 20.0 Å². The first-order valence-corrected chi connectivity index (χ1v) is 7.25. The predicted octanol–water partition coefficient (Wildman–Crippen LogP) is 1.55. The first-order chi connectivity index (χ1) is 10.9. The fraction of sp³-hybridized carbons (Fsp3) is 0.333. The zero-order chi connectivity index (χ0) is 16.6. The molecule has 8 nitrogen and oxygen atoms in total. The third-order valence-electron chi connectivity index (χ3n) is 3.89. The van der Waals surface area contributed by atoms with Gasteiger partial charge in [0.1, 0.15) is 11.6 Å². The van der Waals surface area contributed by atoms with Crippen LogP contribution in [0.25, 0.3) is 0 Å². The number of nitro benzene ring substituents is 1. The molecule has 0 radical (unpaired) electrons. The molecule has 120 valence electrons. The molecule has 1 aliphatic rings. The molecular formula is C15H16N4O4. The molecular weight excluding hydrogens is 300 g/mol. The molecule has 1 aliphatic heterocycles. The number of aryl methyl sites for hydroxylation is 2. The number of carbonyl (C=O) groups excluding carboxylic acids is 1. The van der Waals surface area contributed by atoms with Gasteiger partial charge in [0.25, 0.3) is 11.6 Å². The highest BCUT2D eigenvalue weighted by Gasteiger charge is 2.23. The van der Waals surface area contributed by atoms with E-state index in [0.29, 0.717) is 6.54 Å². The molecule has 2 heterocycles. The van der Waals surface area contributed by atoms with E-state index >= 15 is 0 Å². The first kappa shape index (κ1) is 15.0. The molecule has 1 aromatic heterocycles. The second-order valence-electron chi connectivity index (χ2n) is 5.62. The van der Waals surface area contributed by atoms with Crippen LogP contribution in [0.1, 0.15) is 28.3 Å². The van der Waals surface area contributed by atoms with Crippen molar-refractivity contribution in [1.29, 1.82) is 0 Å². The van der Waals surface area contributed by atoms with Gasteiger partial charge in [0, 0.05) is 31.3 Å². The van der Waals surface area contributed by atoms with Crippen LogP contribution in [0.5, 0.6) is 5.75 Å². The van der Waals surface area contributed by atoms with E-state index in [-0.39, 0.29) is 17.3 Å². The normalized spacial score (nSPS) is 16.7. The molecule has 1 aromatic carbocycles. The van der Waals surface area contributed by atoms with Crippen molar-refractivity contribution in [3.63, 3.8) is 0 Å². The van der Waals surface area contributed by atoms with Crippen molar-refractivity contribution in [2.24, 2.45) is 0 Å². The van der Waals surface area contributed by atoms with Crippen LogP contribution in [0.15, 0.2) is 24.4 Å². The Kier molecular flexibility index (Phi) is 3.73. The topological polar surface area (TPSA) is 110 Å². The lowest BCUT2D eigenvalue weighted by atomic mass is 10.1. The van der Waals surface area contributed by atoms with Gasteiger partial charge in [-0.25, -0.2) is 4.98 Å². The maximum atomic E-state index is 12.3. The number of rotatable bonds is 3. The van der Waals surface area contributed by atoms with Gasteiger partial charge in [-0.3, -0.25) is 14.9 Å². The summed E-state index contributed by atoms with van der Waals surface area (Å²) in [4.78, 5) is 26.7. The van der Waals surface area contributed by atoms with Crippen molar-refractivity contribution in [2.45, 2.75) is 32.4 Å². The van der Waals surface area contributed by atoms with Crippen molar-refractivity contribution in [2.75, 3.05) is 0 Å². The third kappa shape index (κ3) is 3.01. The van der Waals surface area contributed by atoms with Gasteiger partial charge in [-0.05, 0) is 19.4 Å². The van der Waals surface area contributed by atoms with Gasteiger partial charge in [-0.15, -0.1) is 0 Å². The van der Waals surface area contributed by atoms with Gasteiger partial charge < -0.3 is 15.0 Å². The van der Waals surface area contributed by atoms with E-state index < -0.39 is 16.6 Å². The fourth-order valence-corrected chi connectivity index (χ4v) is 2.79.